The van der Waals surface area contributed by atoms with E-state index < -0.39 is 0 Å². The molecule has 1 N–H and O–H groups in total. The van der Waals surface area contributed by atoms with Gasteiger partial charge in [0.15, 0.2) is 0 Å². The molecule has 2 rings (SSSR count). The molecule has 1 aromatic rings. The van der Waals surface area contributed by atoms with Gasteiger partial charge in [0.1, 0.15) is 0 Å². The number of nitrogens with one attached hydrogen (secondary N) is 1. The number of nitrogens with zero attached hydrogens (tertiary/aromatic N) is 1. The summed E-state index contributed by atoms with van der Waals surface area (Å²) in [6.07, 6.45) is 5.57. The molecule has 0 aliphatic carbocycles. The normalized spacial score (nSPS) is 19.6. The van der Waals surface area contributed by atoms with E-state index in [-0.39, 0.29) is 0 Å². The SMILES string of the molecule is CC(CNc1ccccc1)N1CCCCCC1. The summed E-state index contributed by atoms with van der Waals surface area (Å²) >= 11 is 0. The van der Waals surface area contributed by atoms with Gasteiger partial charge in [-0.05, 0) is 45.0 Å². The molecule has 0 radical (unpaired) electrons. The molecule has 0 amide bonds. The first-order valence-electron chi connectivity index (χ1n) is 6.89. The van der Waals surface area contributed by atoms with Crippen LogP contribution in [0.1, 0.15) is 32.6 Å². The van der Waals surface area contributed by atoms with Crippen LogP contribution < -0.4 is 5.32 Å². The molecule has 17 heavy (non-hydrogen) atoms. The Kier molecular flexibility index (Phi) is 4.87. The van der Waals surface area contributed by atoms with Crippen LogP contribution in [0.4, 0.5) is 5.69 Å². The highest BCUT2D eigenvalue weighted by molar-refractivity contribution is 5.42. The lowest BCUT2D eigenvalue weighted by Gasteiger charge is -2.28. The molecule has 94 valence electrons. The Hall–Kier alpha value is -1.02. The highest BCUT2D eigenvalue weighted by Crippen LogP contribution is 2.13. The lowest BCUT2D eigenvalue weighted by atomic mass is 10.2. The van der Waals surface area contributed by atoms with Crippen molar-refractivity contribution in [2.45, 2.75) is 38.6 Å². The largest absolute Gasteiger partial charge is 0.383 e. The maximum atomic E-state index is 3.52. The van der Waals surface area contributed by atoms with Gasteiger partial charge in [0, 0.05) is 18.3 Å². The van der Waals surface area contributed by atoms with E-state index in [0.29, 0.717) is 6.04 Å². The van der Waals surface area contributed by atoms with Gasteiger partial charge in [0.25, 0.3) is 0 Å². The Balaban J connectivity index is 1.78. The summed E-state index contributed by atoms with van der Waals surface area (Å²) in [6, 6.07) is 11.1. The van der Waals surface area contributed by atoms with Crippen molar-refractivity contribution in [1.82, 2.24) is 4.90 Å². The van der Waals surface area contributed by atoms with Crippen LogP contribution in [0.25, 0.3) is 0 Å². The molecule has 1 unspecified atom stereocenters. The van der Waals surface area contributed by atoms with Gasteiger partial charge in [0.2, 0.25) is 0 Å². The van der Waals surface area contributed by atoms with Crippen LogP contribution in [0.2, 0.25) is 0 Å². The predicted molar refractivity (Wildman–Crippen MR) is 74.4 cm³/mol. The van der Waals surface area contributed by atoms with Crippen molar-refractivity contribution in [1.29, 1.82) is 0 Å². The van der Waals surface area contributed by atoms with E-state index in [1.807, 2.05) is 0 Å². The third kappa shape index (κ3) is 4.04. The summed E-state index contributed by atoms with van der Waals surface area (Å²) in [5.74, 6) is 0. The topological polar surface area (TPSA) is 15.3 Å². The molecule has 2 nitrogen and oxygen atoms in total. The van der Waals surface area contributed by atoms with Crippen LogP contribution >= 0.6 is 0 Å². The zero-order valence-electron chi connectivity index (χ0n) is 10.9. The van der Waals surface area contributed by atoms with E-state index in [0.717, 1.165) is 6.54 Å². The highest BCUT2D eigenvalue weighted by atomic mass is 15.2. The first-order chi connectivity index (χ1) is 8.36. The zero-order valence-corrected chi connectivity index (χ0v) is 10.9. The first-order valence-corrected chi connectivity index (χ1v) is 6.89. The lowest BCUT2D eigenvalue weighted by Crippen LogP contribution is -2.38. The number of rotatable bonds is 4. The predicted octanol–water partition coefficient (Wildman–Crippen LogP) is 3.36. The summed E-state index contributed by atoms with van der Waals surface area (Å²) in [6.45, 7) is 5.93. The van der Waals surface area contributed by atoms with Crippen molar-refractivity contribution in [3.8, 4) is 0 Å². The minimum atomic E-state index is 0.633. The molecular formula is C15H24N2. The van der Waals surface area contributed by atoms with Crippen molar-refractivity contribution in [3.05, 3.63) is 30.3 Å². The Bertz CT molecular complexity index is 302. The molecular weight excluding hydrogens is 208 g/mol. The molecule has 1 atom stereocenters. The fourth-order valence-corrected chi connectivity index (χ4v) is 2.49. The smallest absolute Gasteiger partial charge is 0.0340 e. The number of hydrogen-bond donors (Lipinski definition) is 1. The van der Waals surface area contributed by atoms with E-state index in [4.69, 9.17) is 0 Å². The monoisotopic (exact) mass is 232 g/mol. The van der Waals surface area contributed by atoms with E-state index in [1.54, 1.807) is 0 Å². The van der Waals surface area contributed by atoms with Crippen LogP contribution in [0, 0.1) is 0 Å². The third-order valence-electron chi connectivity index (χ3n) is 3.64. The first kappa shape index (κ1) is 12.4. The van der Waals surface area contributed by atoms with Crippen LogP contribution in [0.5, 0.6) is 0 Å². The molecule has 1 saturated heterocycles. The quantitative estimate of drug-likeness (QED) is 0.856. The van der Waals surface area contributed by atoms with Crippen molar-refractivity contribution in [2.24, 2.45) is 0 Å². The van der Waals surface area contributed by atoms with Gasteiger partial charge in [-0.1, -0.05) is 31.0 Å². The molecule has 0 spiro atoms. The average Bonchev–Trinajstić information content (AvgIpc) is 2.66. The number of likely N-dealkylation sites (tertiary alicyclic amines) is 1. The summed E-state index contributed by atoms with van der Waals surface area (Å²) in [7, 11) is 0. The standard InChI is InChI=1S/C15H24N2/c1-14(17-11-7-2-3-8-12-17)13-16-15-9-5-4-6-10-15/h4-6,9-10,14,16H,2-3,7-8,11-13H2,1H3. The second kappa shape index (κ2) is 6.65. The molecule has 1 aliphatic heterocycles. The van der Waals surface area contributed by atoms with Crippen molar-refractivity contribution < 1.29 is 0 Å². The average molecular weight is 232 g/mol. The number of para-hydroxylation sites is 1. The van der Waals surface area contributed by atoms with Crippen LogP contribution in [0.3, 0.4) is 0 Å². The molecule has 2 heteroatoms. The molecule has 0 aromatic heterocycles. The van der Waals surface area contributed by atoms with Gasteiger partial charge in [-0.15, -0.1) is 0 Å². The second-order valence-corrected chi connectivity index (χ2v) is 5.05. The Morgan fingerprint density at radius 2 is 1.71 bits per heavy atom. The van der Waals surface area contributed by atoms with E-state index in [9.17, 15) is 0 Å². The van der Waals surface area contributed by atoms with E-state index in [2.05, 4.69) is 47.5 Å². The summed E-state index contributed by atoms with van der Waals surface area (Å²) in [5, 5.41) is 3.52. The number of benzene rings is 1. The van der Waals surface area contributed by atoms with Crippen LogP contribution in [0.15, 0.2) is 30.3 Å². The maximum Gasteiger partial charge on any atom is 0.0340 e. The van der Waals surface area contributed by atoms with Gasteiger partial charge in [-0.25, -0.2) is 0 Å². The minimum absolute atomic E-state index is 0.633. The molecule has 1 fully saturated rings. The van der Waals surface area contributed by atoms with Crippen molar-refractivity contribution >= 4 is 5.69 Å². The Morgan fingerprint density at radius 1 is 1.06 bits per heavy atom. The molecule has 0 saturated carbocycles. The van der Waals surface area contributed by atoms with Gasteiger partial charge < -0.3 is 5.32 Å². The molecule has 1 heterocycles. The summed E-state index contributed by atoms with van der Waals surface area (Å²) in [5.41, 5.74) is 1.23. The maximum absolute atomic E-state index is 3.52. The molecule has 0 bridgehead atoms. The Labute approximate surface area is 105 Å². The zero-order chi connectivity index (χ0) is 11.9. The summed E-state index contributed by atoms with van der Waals surface area (Å²) in [4.78, 5) is 2.63. The molecule has 1 aliphatic rings. The van der Waals surface area contributed by atoms with Gasteiger partial charge >= 0.3 is 0 Å². The number of anilines is 1. The van der Waals surface area contributed by atoms with Gasteiger partial charge in [-0.3, -0.25) is 4.90 Å². The van der Waals surface area contributed by atoms with Gasteiger partial charge in [-0.2, -0.15) is 0 Å². The fraction of sp³-hybridized carbons (Fsp3) is 0.600. The third-order valence-corrected chi connectivity index (χ3v) is 3.64. The van der Waals surface area contributed by atoms with Crippen LogP contribution in [-0.4, -0.2) is 30.6 Å². The van der Waals surface area contributed by atoms with Crippen molar-refractivity contribution in [3.63, 3.8) is 0 Å². The lowest BCUT2D eigenvalue weighted by molar-refractivity contribution is 0.225. The fourth-order valence-electron chi connectivity index (χ4n) is 2.49. The summed E-state index contributed by atoms with van der Waals surface area (Å²) < 4.78 is 0. The van der Waals surface area contributed by atoms with Crippen molar-refractivity contribution in [2.75, 3.05) is 25.0 Å². The Morgan fingerprint density at radius 3 is 2.35 bits per heavy atom. The second-order valence-electron chi connectivity index (χ2n) is 5.05. The van der Waals surface area contributed by atoms with E-state index in [1.165, 1.54) is 44.5 Å². The van der Waals surface area contributed by atoms with E-state index >= 15 is 0 Å². The highest BCUT2D eigenvalue weighted by Gasteiger charge is 2.14. The van der Waals surface area contributed by atoms with Crippen LogP contribution in [-0.2, 0) is 0 Å². The van der Waals surface area contributed by atoms with Gasteiger partial charge in [0.05, 0.1) is 0 Å². The minimum Gasteiger partial charge on any atom is -0.383 e. The molecule has 1 aromatic carbocycles. The number of hydrogen-bond acceptors (Lipinski definition) is 2.